The number of aryl methyl sites for hydroxylation is 1. The molecule has 2 aromatic heterocycles. The molecule has 0 aliphatic carbocycles. The summed E-state index contributed by atoms with van der Waals surface area (Å²) in [4.78, 5) is 36.4. The van der Waals surface area contributed by atoms with Gasteiger partial charge in [0, 0.05) is 31.7 Å². The van der Waals surface area contributed by atoms with Gasteiger partial charge in [0.05, 0.1) is 17.0 Å². The number of amides is 1. The van der Waals surface area contributed by atoms with Gasteiger partial charge in [-0.15, -0.1) is 0 Å². The fraction of sp³-hybridized carbons (Fsp3) is 0.417. The first-order valence-corrected chi connectivity index (χ1v) is 11.4. The van der Waals surface area contributed by atoms with E-state index in [1.165, 1.54) is 36.1 Å². The van der Waals surface area contributed by atoms with Gasteiger partial charge in [0.25, 0.3) is 17.9 Å². The summed E-state index contributed by atoms with van der Waals surface area (Å²) >= 11 is 0. The number of halogens is 3. The summed E-state index contributed by atoms with van der Waals surface area (Å²) in [5.74, 6) is -0.918. The third-order valence-electron chi connectivity index (χ3n) is 6.84. The SMILES string of the molecule is C[C@@H](Nc1ncnc2c1cc(C(=O)N1CC[C@@H]3CCO[C@@H]31)c(=O)n2C)c1cccc(C(F)F)c1F. The summed E-state index contributed by atoms with van der Waals surface area (Å²) in [7, 11) is 1.51. The first kappa shape index (κ1) is 23.3. The van der Waals surface area contributed by atoms with Gasteiger partial charge >= 0.3 is 0 Å². The van der Waals surface area contributed by atoms with Crippen molar-refractivity contribution in [1.82, 2.24) is 19.4 Å². The monoisotopic (exact) mass is 487 g/mol. The van der Waals surface area contributed by atoms with Crippen molar-refractivity contribution in [2.24, 2.45) is 13.0 Å². The van der Waals surface area contributed by atoms with E-state index >= 15 is 0 Å². The lowest BCUT2D eigenvalue weighted by atomic mass is 10.0. The number of nitrogens with one attached hydrogen (secondary N) is 1. The summed E-state index contributed by atoms with van der Waals surface area (Å²) in [5.41, 5.74) is -0.923. The maximum atomic E-state index is 14.7. The summed E-state index contributed by atoms with van der Waals surface area (Å²) in [6.07, 6.45) is -0.340. The molecule has 8 nitrogen and oxygen atoms in total. The fourth-order valence-corrected chi connectivity index (χ4v) is 4.95. The van der Waals surface area contributed by atoms with Gasteiger partial charge in [0.15, 0.2) is 0 Å². The Labute approximate surface area is 198 Å². The highest BCUT2D eigenvalue weighted by molar-refractivity contribution is 5.99. The Hall–Kier alpha value is -3.47. The molecule has 2 aliphatic heterocycles. The molecule has 1 amide bonds. The molecule has 11 heteroatoms. The highest BCUT2D eigenvalue weighted by Gasteiger charge is 2.42. The van der Waals surface area contributed by atoms with E-state index in [0.717, 1.165) is 18.9 Å². The van der Waals surface area contributed by atoms with Gasteiger partial charge in [0.1, 0.15) is 35.4 Å². The molecule has 0 unspecified atom stereocenters. The van der Waals surface area contributed by atoms with Crippen LogP contribution >= 0.6 is 0 Å². The normalized spacial score (nSPS) is 20.5. The van der Waals surface area contributed by atoms with Crippen LogP contribution in [0.1, 0.15) is 53.7 Å². The number of ether oxygens (including phenoxy) is 1. The van der Waals surface area contributed by atoms with Crippen molar-refractivity contribution in [1.29, 1.82) is 0 Å². The van der Waals surface area contributed by atoms with Gasteiger partial charge in [-0.25, -0.2) is 23.1 Å². The van der Waals surface area contributed by atoms with Gasteiger partial charge < -0.3 is 15.0 Å². The molecular formula is C24H24F3N5O3. The summed E-state index contributed by atoms with van der Waals surface area (Å²) < 4.78 is 48.0. The average molecular weight is 487 g/mol. The minimum atomic E-state index is -2.95. The Bertz CT molecular complexity index is 1360. The number of carbonyl (C=O) groups is 1. The number of rotatable bonds is 5. The van der Waals surface area contributed by atoms with Crippen molar-refractivity contribution in [3.63, 3.8) is 0 Å². The summed E-state index contributed by atoms with van der Waals surface area (Å²) in [5, 5.41) is 3.40. The van der Waals surface area contributed by atoms with Crippen molar-refractivity contribution in [3.05, 3.63) is 63.5 Å². The van der Waals surface area contributed by atoms with E-state index in [-0.39, 0.29) is 34.7 Å². The summed E-state index contributed by atoms with van der Waals surface area (Å²) in [6.45, 7) is 2.69. The number of benzene rings is 1. The highest BCUT2D eigenvalue weighted by Crippen LogP contribution is 2.34. The van der Waals surface area contributed by atoms with Crippen LogP contribution in [-0.4, -0.2) is 44.7 Å². The molecule has 5 rings (SSSR count). The van der Waals surface area contributed by atoms with Gasteiger partial charge in [0.2, 0.25) is 0 Å². The number of carbonyl (C=O) groups excluding carboxylic acids is 1. The molecule has 2 saturated heterocycles. The Kier molecular flexibility index (Phi) is 5.96. The minimum absolute atomic E-state index is 0.0390. The van der Waals surface area contributed by atoms with Crippen molar-refractivity contribution < 1.29 is 22.7 Å². The van der Waals surface area contributed by atoms with E-state index in [4.69, 9.17) is 4.74 Å². The second-order valence-electron chi connectivity index (χ2n) is 8.90. The third kappa shape index (κ3) is 3.93. The Morgan fingerprint density at radius 1 is 1.23 bits per heavy atom. The first-order chi connectivity index (χ1) is 16.8. The van der Waals surface area contributed by atoms with Gasteiger partial charge in [-0.05, 0) is 25.8 Å². The molecule has 1 aromatic carbocycles. The van der Waals surface area contributed by atoms with E-state index in [1.807, 2.05) is 0 Å². The number of nitrogens with zero attached hydrogens (tertiary/aromatic N) is 4. The molecule has 0 saturated carbocycles. The zero-order chi connectivity index (χ0) is 24.9. The van der Waals surface area contributed by atoms with Crippen LogP contribution in [0, 0.1) is 11.7 Å². The number of aromatic nitrogens is 3. The standard InChI is InChI=1S/C24H24F3N5O3/c1-12(14-4-3-5-15(18(14)25)19(26)27)30-20-16-10-17(22(33)31(2)21(16)29-11-28-20)23(34)32-8-6-13-7-9-35-24(13)32/h3-5,10-13,19,24H,6-9H2,1-2H3,(H,28,29,30)/t12-,13-,24+/m1/s1. The van der Waals surface area contributed by atoms with Crippen molar-refractivity contribution in [3.8, 4) is 0 Å². The molecule has 35 heavy (non-hydrogen) atoms. The average Bonchev–Trinajstić information content (AvgIpc) is 3.45. The van der Waals surface area contributed by atoms with E-state index in [2.05, 4.69) is 15.3 Å². The van der Waals surface area contributed by atoms with Crippen LogP contribution in [0.15, 0.2) is 35.4 Å². The van der Waals surface area contributed by atoms with Gasteiger partial charge in [-0.2, -0.15) is 0 Å². The highest BCUT2D eigenvalue weighted by atomic mass is 19.3. The second kappa shape index (κ2) is 8.95. The second-order valence-corrected chi connectivity index (χ2v) is 8.90. The molecule has 4 heterocycles. The molecule has 3 aromatic rings. The van der Waals surface area contributed by atoms with Gasteiger partial charge in [-0.3, -0.25) is 14.2 Å². The van der Waals surface area contributed by atoms with E-state index in [1.54, 1.807) is 11.8 Å². The van der Waals surface area contributed by atoms with Crippen molar-refractivity contribution in [2.75, 3.05) is 18.5 Å². The maximum absolute atomic E-state index is 14.7. The van der Waals surface area contributed by atoms with Crippen LogP contribution < -0.4 is 10.9 Å². The minimum Gasteiger partial charge on any atom is -0.363 e. The first-order valence-electron chi connectivity index (χ1n) is 11.4. The fourth-order valence-electron chi connectivity index (χ4n) is 4.95. The molecule has 0 bridgehead atoms. The van der Waals surface area contributed by atoms with E-state index in [9.17, 15) is 22.8 Å². The molecular weight excluding hydrogens is 463 g/mol. The van der Waals surface area contributed by atoms with Crippen LogP contribution in [0.5, 0.6) is 0 Å². The number of alkyl halides is 2. The Morgan fingerprint density at radius 2 is 2.00 bits per heavy atom. The molecule has 184 valence electrons. The van der Waals surface area contributed by atoms with Crippen LogP contribution in [0.2, 0.25) is 0 Å². The van der Waals surface area contributed by atoms with Gasteiger partial charge in [-0.1, -0.05) is 18.2 Å². The molecule has 3 atom stereocenters. The Balaban J connectivity index is 1.53. The molecule has 2 aliphatic rings. The number of hydrogen-bond acceptors (Lipinski definition) is 6. The molecule has 0 spiro atoms. The lowest BCUT2D eigenvalue weighted by molar-refractivity contribution is -0.00114. The summed E-state index contributed by atoms with van der Waals surface area (Å²) in [6, 6.07) is 4.52. The number of pyridine rings is 1. The lowest BCUT2D eigenvalue weighted by Crippen LogP contribution is -2.40. The van der Waals surface area contributed by atoms with E-state index in [0.29, 0.717) is 18.5 Å². The van der Waals surface area contributed by atoms with Crippen LogP contribution in [-0.2, 0) is 11.8 Å². The Morgan fingerprint density at radius 3 is 2.77 bits per heavy atom. The number of fused-ring (bicyclic) bond motifs is 2. The maximum Gasteiger partial charge on any atom is 0.266 e. The molecule has 1 N–H and O–H groups in total. The van der Waals surface area contributed by atoms with Crippen molar-refractivity contribution in [2.45, 2.75) is 38.5 Å². The zero-order valence-corrected chi connectivity index (χ0v) is 19.2. The van der Waals surface area contributed by atoms with Crippen LogP contribution in [0.3, 0.4) is 0 Å². The topological polar surface area (TPSA) is 89.4 Å². The zero-order valence-electron chi connectivity index (χ0n) is 19.2. The van der Waals surface area contributed by atoms with Crippen molar-refractivity contribution >= 4 is 22.8 Å². The number of anilines is 1. The molecule has 2 fully saturated rings. The smallest absolute Gasteiger partial charge is 0.266 e. The molecule has 0 radical (unpaired) electrons. The number of hydrogen-bond donors (Lipinski definition) is 1. The largest absolute Gasteiger partial charge is 0.363 e. The predicted octanol–water partition coefficient (Wildman–Crippen LogP) is 3.79. The quantitative estimate of drug-likeness (QED) is 0.589. The van der Waals surface area contributed by atoms with E-state index < -0.39 is 35.3 Å². The predicted molar refractivity (Wildman–Crippen MR) is 122 cm³/mol. The lowest BCUT2D eigenvalue weighted by Gasteiger charge is -2.23. The van der Waals surface area contributed by atoms with Crippen LogP contribution in [0.25, 0.3) is 11.0 Å². The van der Waals surface area contributed by atoms with Crippen LogP contribution in [0.4, 0.5) is 19.0 Å². The number of likely N-dealkylation sites (tertiary alicyclic amines) is 1. The third-order valence-corrected chi connectivity index (χ3v) is 6.84.